The fourth-order valence-corrected chi connectivity index (χ4v) is 2.07. The summed E-state index contributed by atoms with van der Waals surface area (Å²) in [7, 11) is 1.32. The summed E-state index contributed by atoms with van der Waals surface area (Å²) >= 11 is 0. The molecule has 0 amide bonds. The molecule has 0 aromatic carbocycles. The molecule has 5 nitrogen and oxygen atoms in total. The first kappa shape index (κ1) is 12.1. The Balaban J connectivity index is 1.96. The maximum Gasteiger partial charge on any atom is 0.373 e. The predicted molar refractivity (Wildman–Crippen MR) is 60.6 cm³/mol. The number of nitrogens with zero attached hydrogens (tertiary/aromatic N) is 1. The number of hydrogen-bond donors (Lipinski definition) is 1. The molecule has 1 aliphatic heterocycles. The van der Waals surface area contributed by atoms with Crippen LogP contribution >= 0.6 is 0 Å². The van der Waals surface area contributed by atoms with E-state index in [2.05, 4.69) is 9.64 Å². The molecule has 1 aromatic rings. The van der Waals surface area contributed by atoms with Crippen LogP contribution in [0.25, 0.3) is 0 Å². The van der Waals surface area contributed by atoms with Crippen LogP contribution in [0.4, 0.5) is 0 Å². The summed E-state index contributed by atoms with van der Waals surface area (Å²) in [6.45, 7) is 3.89. The van der Waals surface area contributed by atoms with E-state index >= 15 is 0 Å². The van der Waals surface area contributed by atoms with E-state index in [1.54, 1.807) is 12.1 Å². The molecule has 5 heteroatoms. The van der Waals surface area contributed by atoms with Crippen molar-refractivity contribution < 1.29 is 19.1 Å². The summed E-state index contributed by atoms with van der Waals surface area (Å²) in [5.74, 6) is 0.459. The molecule has 2 heterocycles. The average molecular weight is 239 g/mol. The lowest BCUT2D eigenvalue weighted by atomic mass is 10.1. The van der Waals surface area contributed by atoms with Crippen LogP contribution in [0.2, 0.25) is 0 Å². The average Bonchev–Trinajstić information content (AvgIpc) is 2.85. The number of furan rings is 1. The normalized spacial score (nSPS) is 25.1. The van der Waals surface area contributed by atoms with E-state index in [9.17, 15) is 9.90 Å². The zero-order valence-electron chi connectivity index (χ0n) is 10.1. The van der Waals surface area contributed by atoms with Crippen molar-refractivity contribution >= 4 is 5.97 Å². The van der Waals surface area contributed by atoms with E-state index in [4.69, 9.17) is 4.42 Å². The van der Waals surface area contributed by atoms with Crippen LogP contribution in [0.15, 0.2) is 16.5 Å². The van der Waals surface area contributed by atoms with Crippen LogP contribution in [-0.2, 0) is 11.3 Å². The van der Waals surface area contributed by atoms with Gasteiger partial charge in [-0.2, -0.15) is 0 Å². The van der Waals surface area contributed by atoms with Crippen LogP contribution < -0.4 is 0 Å². The van der Waals surface area contributed by atoms with Crippen molar-refractivity contribution in [1.82, 2.24) is 4.90 Å². The van der Waals surface area contributed by atoms with Crippen LogP contribution in [0.3, 0.4) is 0 Å². The van der Waals surface area contributed by atoms with Gasteiger partial charge in [-0.15, -0.1) is 0 Å². The van der Waals surface area contributed by atoms with Gasteiger partial charge in [0.15, 0.2) is 0 Å². The van der Waals surface area contributed by atoms with E-state index in [0.717, 1.165) is 13.0 Å². The lowest BCUT2D eigenvalue weighted by Crippen LogP contribution is -2.29. The topological polar surface area (TPSA) is 62.9 Å². The Hall–Kier alpha value is -1.33. The van der Waals surface area contributed by atoms with Crippen LogP contribution in [0.5, 0.6) is 0 Å². The molecule has 1 N–H and O–H groups in total. The number of carbonyl (C=O) groups excluding carboxylic acids is 1. The summed E-state index contributed by atoms with van der Waals surface area (Å²) in [5, 5.41) is 9.83. The molecule has 0 radical (unpaired) electrons. The second-order valence-electron chi connectivity index (χ2n) is 4.72. The molecule has 0 spiro atoms. The molecule has 0 aliphatic carbocycles. The number of rotatable bonds is 3. The van der Waals surface area contributed by atoms with Crippen molar-refractivity contribution in [1.29, 1.82) is 0 Å². The Morgan fingerprint density at radius 3 is 3.00 bits per heavy atom. The largest absolute Gasteiger partial charge is 0.463 e. The van der Waals surface area contributed by atoms with Crippen molar-refractivity contribution in [2.24, 2.45) is 0 Å². The molecule has 0 saturated carbocycles. The lowest BCUT2D eigenvalue weighted by Gasteiger charge is -2.17. The Morgan fingerprint density at radius 1 is 1.65 bits per heavy atom. The smallest absolute Gasteiger partial charge is 0.373 e. The predicted octanol–water partition coefficient (Wildman–Crippen LogP) is 1.02. The van der Waals surface area contributed by atoms with Gasteiger partial charge in [0.1, 0.15) is 5.76 Å². The molecule has 0 bridgehead atoms. The van der Waals surface area contributed by atoms with Crippen LogP contribution in [0.1, 0.15) is 29.7 Å². The minimum absolute atomic E-state index is 0.216. The van der Waals surface area contributed by atoms with Crippen LogP contribution in [0, 0.1) is 0 Å². The third kappa shape index (κ3) is 2.87. The monoisotopic (exact) mass is 239 g/mol. The van der Waals surface area contributed by atoms with Gasteiger partial charge in [-0.1, -0.05) is 0 Å². The minimum Gasteiger partial charge on any atom is -0.463 e. The highest BCUT2D eigenvalue weighted by Gasteiger charge is 2.31. The summed E-state index contributed by atoms with van der Waals surface area (Å²) < 4.78 is 9.93. The van der Waals surface area contributed by atoms with Crippen molar-refractivity contribution in [2.75, 3.05) is 20.2 Å². The summed E-state index contributed by atoms with van der Waals surface area (Å²) in [6.07, 6.45) is 0.761. The van der Waals surface area contributed by atoms with E-state index in [0.29, 0.717) is 18.8 Å². The standard InChI is InChI=1S/C12H17NO4/c1-12(15)5-6-13(8-12)7-9-3-4-10(17-9)11(14)16-2/h3-4,15H,5-8H2,1-2H3. The molecule has 1 fully saturated rings. The van der Waals surface area contributed by atoms with E-state index in [-0.39, 0.29) is 5.76 Å². The van der Waals surface area contributed by atoms with Gasteiger partial charge in [0.05, 0.1) is 19.3 Å². The first-order chi connectivity index (χ1) is 8.00. The number of likely N-dealkylation sites (tertiary alicyclic amines) is 1. The fraction of sp³-hybridized carbons (Fsp3) is 0.583. The maximum absolute atomic E-state index is 11.2. The molecular formula is C12H17NO4. The highest BCUT2D eigenvalue weighted by molar-refractivity contribution is 5.86. The van der Waals surface area contributed by atoms with Crippen molar-refractivity contribution in [3.8, 4) is 0 Å². The number of esters is 1. The molecule has 1 saturated heterocycles. The van der Waals surface area contributed by atoms with Crippen molar-refractivity contribution in [3.05, 3.63) is 23.7 Å². The van der Waals surface area contributed by atoms with E-state index < -0.39 is 11.6 Å². The first-order valence-corrected chi connectivity index (χ1v) is 5.62. The molecule has 2 rings (SSSR count). The third-order valence-corrected chi connectivity index (χ3v) is 2.96. The summed E-state index contributed by atoms with van der Waals surface area (Å²) in [4.78, 5) is 13.3. The second-order valence-corrected chi connectivity index (χ2v) is 4.72. The van der Waals surface area contributed by atoms with E-state index in [1.165, 1.54) is 7.11 Å². The Bertz CT molecular complexity index is 410. The van der Waals surface area contributed by atoms with Crippen molar-refractivity contribution in [3.63, 3.8) is 0 Å². The van der Waals surface area contributed by atoms with Gasteiger partial charge in [0, 0.05) is 13.1 Å². The van der Waals surface area contributed by atoms with Crippen molar-refractivity contribution in [2.45, 2.75) is 25.5 Å². The van der Waals surface area contributed by atoms with Crippen LogP contribution in [-0.4, -0.2) is 41.8 Å². The Kier molecular flexibility index (Phi) is 3.22. The zero-order valence-corrected chi connectivity index (χ0v) is 10.1. The molecule has 94 valence electrons. The molecule has 1 aliphatic rings. The fourth-order valence-electron chi connectivity index (χ4n) is 2.07. The van der Waals surface area contributed by atoms with Gasteiger partial charge in [-0.25, -0.2) is 4.79 Å². The SMILES string of the molecule is COC(=O)c1ccc(CN2CCC(C)(O)C2)o1. The molecule has 17 heavy (non-hydrogen) atoms. The summed E-state index contributed by atoms with van der Waals surface area (Å²) in [6, 6.07) is 3.37. The first-order valence-electron chi connectivity index (χ1n) is 5.62. The lowest BCUT2D eigenvalue weighted by molar-refractivity contribution is 0.0555. The van der Waals surface area contributed by atoms with E-state index in [1.807, 2.05) is 6.92 Å². The minimum atomic E-state index is -0.613. The Labute approximate surface area is 100.0 Å². The molecule has 1 atom stereocenters. The Morgan fingerprint density at radius 2 is 2.41 bits per heavy atom. The maximum atomic E-state index is 11.2. The summed E-state index contributed by atoms with van der Waals surface area (Å²) in [5.41, 5.74) is -0.613. The second kappa shape index (κ2) is 4.50. The van der Waals surface area contributed by atoms with Gasteiger partial charge < -0.3 is 14.3 Å². The zero-order chi connectivity index (χ0) is 12.5. The quantitative estimate of drug-likeness (QED) is 0.798. The molecule has 1 aromatic heterocycles. The van der Waals surface area contributed by atoms with Gasteiger partial charge in [-0.05, 0) is 25.5 Å². The number of methoxy groups -OCH3 is 1. The highest BCUT2D eigenvalue weighted by Crippen LogP contribution is 2.22. The number of β-amino-alcohol motifs (C(OH)–C–C–N with tert-alkyl or cyclic N) is 1. The van der Waals surface area contributed by atoms with Gasteiger partial charge >= 0.3 is 5.97 Å². The van der Waals surface area contributed by atoms with Gasteiger partial charge in [-0.3, -0.25) is 4.90 Å². The number of aliphatic hydroxyl groups is 1. The third-order valence-electron chi connectivity index (χ3n) is 2.96. The number of carbonyl (C=O) groups is 1. The van der Waals surface area contributed by atoms with Gasteiger partial charge in [0.2, 0.25) is 5.76 Å². The highest BCUT2D eigenvalue weighted by atomic mass is 16.5. The molecule has 1 unspecified atom stereocenters. The number of hydrogen-bond acceptors (Lipinski definition) is 5. The molecular weight excluding hydrogens is 222 g/mol. The van der Waals surface area contributed by atoms with Gasteiger partial charge in [0.25, 0.3) is 0 Å². The number of ether oxygens (including phenoxy) is 1.